The zero-order valence-corrected chi connectivity index (χ0v) is 11.7. The van der Waals surface area contributed by atoms with Crippen molar-refractivity contribution >= 4 is 5.78 Å². The largest absolute Gasteiger partial charge is 0.394 e. The summed E-state index contributed by atoms with van der Waals surface area (Å²) in [4.78, 5) is 26.7. The molecule has 1 aromatic rings. The smallest absolute Gasteiger partial charge is 0.350 e. The van der Waals surface area contributed by atoms with Crippen molar-refractivity contribution in [1.29, 1.82) is 5.26 Å². The number of aromatic nitrogens is 2. The molecule has 9 heteroatoms. The van der Waals surface area contributed by atoms with Crippen LogP contribution < -0.4 is 5.69 Å². The van der Waals surface area contributed by atoms with E-state index in [4.69, 9.17) is 15.1 Å². The number of ether oxygens (including phenoxy) is 1. The van der Waals surface area contributed by atoms with Gasteiger partial charge in [-0.1, -0.05) is 0 Å². The van der Waals surface area contributed by atoms with E-state index >= 15 is 0 Å². The molecular weight excluding hydrogens is 294 g/mol. The van der Waals surface area contributed by atoms with Crippen molar-refractivity contribution in [2.45, 2.75) is 37.4 Å². The van der Waals surface area contributed by atoms with Crippen LogP contribution in [-0.4, -0.2) is 55.1 Å². The van der Waals surface area contributed by atoms with Gasteiger partial charge in [-0.2, -0.15) is 10.2 Å². The van der Waals surface area contributed by atoms with Gasteiger partial charge in [0, 0.05) is 12.6 Å². The van der Waals surface area contributed by atoms with Gasteiger partial charge in [0.1, 0.15) is 24.1 Å². The molecule has 22 heavy (non-hydrogen) atoms. The minimum Gasteiger partial charge on any atom is -0.394 e. The highest BCUT2D eigenvalue weighted by molar-refractivity contribution is 5.77. The maximum atomic E-state index is 12.0. The molecule has 0 amide bonds. The molecule has 0 aliphatic carbocycles. The van der Waals surface area contributed by atoms with Gasteiger partial charge in [-0.15, -0.1) is 0 Å². The molecule has 4 atom stereocenters. The van der Waals surface area contributed by atoms with Crippen molar-refractivity contribution in [2.24, 2.45) is 0 Å². The number of rotatable bonds is 4. The van der Waals surface area contributed by atoms with Crippen LogP contribution >= 0.6 is 0 Å². The van der Waals surface area contributed by atoms with Crippen molar-refractivity contribution < 1.29 is 24.9 Å². The molecule has 1 aliphatic rings. The lowest BCUT2D eigenvalue weighted by molar-refractivity contribution is -0.116. The van der Waals surface area contributed by atoms with E-state index in [2.05, 4.69) is 4.98 Å². The molecular formula is C13H15N3O6. The summed E-state index contributed by atoms with van der Waals surface area (Å²) in [6, 6.07) is 2.88. The summed E-state index contributed by atoms with van der Waals surface area (Å²) in [6.45, 7) is 0.718. The van der Waals surface area contributed by atoms with Crippen molar-refractivity contribution in [3.05, 3.63) is 28.4 Å². The first kappa shape index (κ1) is 16.3. The number of carbonyl (C=O) groups is 1. The highest BCUT2D eigenvalue weighted by atomic mass is 16.6. The third-order valence-corrected chi connectivity index (χ3v) is 3.41. The predicted molar refractivity (Wildman–Crippen MR) is 70.4 cm³/mol. The number of aliphatic hydroxyl groups is 3. The summed E-state index contributed by atoms with van der Waals surface area (Å²) >= 11 is 0. The second kappa shape index (κ2) is 5.94. The van der Waals surface area contributed by atoms with E-state index in [9.17, 15) is 19.8 Å². The van der Waals surface area contributed by atoms with Crippen molar-refractivity contribution in [2.75, 3.05) is 6.61 Å². The van der Waals surface area contributed by atoms with Crippen LogP contribution in [0.25, 0.3) is 0 Å². The van der Waals surface area contributed by atoms with E-state index in [0.717, 1.165) is 4.57 Å². The normalized spacial score (nSPS) is 31.0. The molecule has 1 fully saturated rings. The van der Waals surface area contributed by atoms with Crippen LogP contribution in [0, 0.1) is 11.3 Å². The molecule has 0 bridgehead atoms. The first-order valence-electron chi connectivity index (χ1n) is 6.49. The molecule has 0 saturated carbocycles. The Morgan fingerprint density at radius 2 is 2.32 bits per heavy atom. The molecule has 1 saturated heterocycles. The third kappa shape index (κ3) is 2.65. The average molecular weight is 309 g/mol. The van der Waals surface area contributed by atoms with Crippen LogP contribution in [-0.2, 0) is 16.0 Å². The fourth-order valence-corrected chi connectivity index (χ4v) is 2.29. The van der Waals surface area contributed by atoms with Crippen LogP contribution in [0.4, 0.5) is 0 Å². The van der Waals surface area contributed by atoms with Gasteiger partial charge >= 0.3 is 5.69 Å². The van der Waals surface area contributed by atoms with E-state index in [1.165, 1.54) is 25.3 Å². The van der Waals surface area contributed by atoms with Gasteiger partial charge in [0.15, 0.2) is 6.23 Å². The SMILES string of the molecule is CC(=O)Cc1ccn([C@@H]2O[C@H](CO)[C@@H](O)C2(O)C#N)c(=O)n1. The molecule has 2 heterocycles. The van der Waals surface area contributed by atoms with Gasteiger partial charge in [0.25, 0.3) is 0 Å². The Morgan fingerprint density at radius 3 is 2.82 bits per heavy atom. The van der Waals surface area contributed by atoms with E-state index in [0.29, 0.717) is 0 Å². The summed E-state index contributed by atoms with van der Waals surface area (Å²) in [6.07, 6.45) is -3.22. The fraction of sp³-hybridized carbons (Fsp3) is 0.538. The van der Waals surface area contributed by atoms with E-state index < -0.39 is 36.3 Å². The molecule has 0 spiro atoms. The molecule has 0 aromatic carbocycles. The van der Waals surface area contributed by atoms with Gasteiger partial charge in [-0.3, -0.25) is 9.36 Å². The van der Waals surface area contributed by atoms with Gasteiger partial charge in [0.05, 0.1) is 12.3 Å². The summed E-state index contributed by atoms with van der Waals surface area (Å²) in [7, 11) is 0. The molecule has 1 unspecified atom stereocenters. The Labute approximate surface area is 125 Å². The Kier molecular flexibility index (Phi) is 4.39. The number of ketones is 1. The first-order valence-corrected chi connectivity index (χ1v) is 6.49. The van der Waals surface area contributed by atoms with Crippen molar-refractivity contribution in [3.8, 4) is 6.07 Å². The topological polar surface area (TPSA) is 146 Å². The van der Waals surface area contributed by atoms with Crippen LogP contribution in [0.15, 0.2) is 17.1 Å². The standard InChI is InChI=1S/C13H15N3O6/c1-7(18)4-8-2-3-16(12(20)15-8)11-13(21,6-14)10(19)9(5-17)22-11/h2-3,9-11,17,19,21H,4-5H2,1H3/t9-,10-,11-,13?/m1/s1. The number of hydrogen-bond donors (Lipinski definition) is 3. The number of Topliss-reactive ketones (excluding diaryl/α,β-unsaturated/α-hetero) is 1. The van der Waals surface area contributed by atoms with E-state index in [1.54, 1.807) is 0 Å². The maximum absolute atomic E-state index is 12.0. The number of hydrogen-bond acceptors (Lipinski definition) is 8. The molecule has 0 radical (unpaired) electrons. The number of nitrogens with zero attached hydrogens (tertiary/aromatic N) is 3. The second-order valence-corrected chi connectivity index (χ2v) is 5.08. The lowest BCUT2D eigenvalue weighted by atomic mass is 9.96. The molecule has 3 N–H and O–H groups in total. The minimum atomic E-state index is -2.40. The predicted octanol–water partition coefficient (Wildman–Crippen LogP) is -2.12. The van der Waals surface area contributed by atoms with Gasteiger partial charge in [0.2, 0.25) is 5.60 Å². The second-order valence-electron chi connectivity index (χ2n) is 5.08. The summed E-state index contributed by atoms with van der Waals surface area (Å²) in [5.41, 5.74) is -3.00. The van der Waals surface area contributed by atoms with Crippen molar-refractivity contribution in [3.63, 3.8) is 0 Å². The molecule has 1 aliphatic heterocycles. The van der Waals surface area contributed by atoms with Crippen LogP contribution in [0.1, 0.15) is 18.8 Å². The number of nitriles is 1. The van der Waals surface area contributed by atoms with E-state index in [1.807, 2.05) is 0 Å². The van der Waals surface area contributed by atoms with Gasteiger partial charge in [-0.25, -0.2) is 4.79 Å². The Balaban J connectivity index is 2.41. The Morgan fingerprint density at radius 1 is 1.64 bits per heavy atom. The fourth-order valence-electron chi connectivity index (χ4n) is 2.29. The van der Waals surface area contributed by atoms with E-state index in [-0.39, 0.29) is 17.9 Å². The summed E-state index contributed by atoms with van der Waals surface area (Å²) in [5.74, 6) is -0.175. The Hall–Kier alpha value is -2.12. The number of aliphatic hydroxyl groups excluding tert-OH is 2. The average Bonchev–Trinajstić information content (AvgIpc) is 2.72. The highest BCUT2D eigenvalue weighted by Crippen LogP contribution is 2.37. The van der Waals surface area contributed by atoms with Crippen molar-refractivity contribution in [1.82, 2.24) is 9.55 Å². The Bertz CT molecular complexity index is 681. The third-order valence-electron chi connectivity index (χ3n) is 3.41. The lowest BCUT2D eigenvalue weighted by Gasteiger charge is -2.24. The maximum Gasteiger partial charge on any atom is 0.350 e. The van der Waals surface area contributed by atoms with Gasteiger partial charge in [-0.05, 0) is 13.0 Å². The molecule has 2 rings (SSSR count). The highest BCUT2D eigenvalue weighted by Gasteiger charge is 2.57. The minimum absolute atomic E-state index is 0.0218. The summed E-state index contributed by atoms with van der Waals surface area (Å²) in [5, 5.41) is 38.3. The van der Waals surface area contributed by atoms with Crippen LogP contribution in [0.5, 0.6) is 0 Å². The zero-order valence-electron chi connectivity index (χ0n) is 11.7. The summed E-state index contributed by atoms with van der Waals surface area (Å²) < 4.78 is 6.04. The first-order chi connectivity index (χ1) is 10.3. The quantitative estimate of drug-likeness (QED) is 0.535. The monoisotopic (exact) mass is 309 g/mol. The van der Waals surface area contributed by atoms with Crippen LogP contribution in [0.2, 0.25) is 0 Å². The van der Waals surface area contributed by atoms with Crippen LogP contribution in [0.3, 0.4) is 0 Å². The lowest BCUT2D eigenvalue weighted by Crippen LogP contribution is -2.47. The van der Waals surface area contributed by atoms with Gasteiger partial charge < -0.3 is 20.1 Å². The molecule has 9 nitrogen and oxygen atoms in total. The molecule has 118 valence electrons. The molecule has 1 aromatic heterocycles. The zero-order chi connectivity index (χ0) is 16.5. The number of carbonyl (C=O) groups excluding carboxylic acids is 1.